The highest BCUT2D eigenvalue weighted by Gasteiger charge is 2.47. The Kier molecular flexibility index (Phi) is 4.71. The topological polar surface area (TPSA) is 20.2 Å². The van der Waals surface area contributed by atoms with Crippen LogP contribution in [-0.4, -0.2) is 5.11 Å². The molecule has 5 aromatic carbocycles. The molecule has 1 N–H and O–H groups in total. The fourth-order valence-corrected chi connectivity index (χ4v) is 5.80. The van der Waals surface area contributed by atoms with E-state index in [1.807, 2.05) is 42.5 Å². The molecule has 0 fully saturated rings. The first-order valence-corrected chi connectivity index (χ1v) is 12.0. The lowest BCUT2D eigenvalue weighted by atomic mass is 9.61. The van der Waals surface area contributed by atoms with Crippen LogP contribution in [-0.2, 0) is 11.0 Å². The Bertz CT molecular complexity index is 1500. The molecule has 1 aliphatic rings. The summed E-state index contributed by atoms with van der Waals surface area (Å²) >= 11 is 6.23. The largest absolute Gasteiger partial charge is 0.376 e. The molecule has 5 aromatic rings. The fraction of sp³-hybridized carbons (Fsp3) is 0.125. The van der Waals surface area contributed by atoms with E-state index in [2.05, 4.69) is 80.6 Å². The summed E-state index contributed by atoms with van der Waals surface area (Å²) in [6.45, 7) is 4.48. The van der Waals surface area contributed by atoms with Gasteiger partial charge in [0.05, 0.1) is 0 Å². The molecule has 0 saturated heterocycles. The second-order valence-corrected chi connectivity index (χ2v) is 10.1. The number of hydrogen-bond acceptors (Lipinski definition) is 1. The molecule has 1 nitrogen and oxygen atoms in total. The predicted octanol–water partition coefficient (Wildman–Crippen LogP) is 8.08. The second kappa shape index (κ2) is 7.56. The maximum Gasteiger partial charge on any atom is 0.141 e. The van der Waals surface area contributed by atoms with E-state index in [1.54, 1.807) is 0 Å². The van der Waals surface area contributed by atoms with Gasteiger partial charge in [-0.05, 0) is 68.4 Å². The van der Waals surface area contributed by atoms with Crippen molar-refractivity contribution in [1.82, 2.24) is 0 Å². The summed E-state index contributed by atoms with van der Waals surface area (Å²) in [6, 6.07) is 37.2. The van der Waals surface area contributed by atoms with Gasteiger partial charge in [0.1, 0.15) is 5.60 Å². The normalized spacial score (nSPS) is 15.5. The molecule has 0 bridgehead atoms. The van der Waals surface area contributed by atoms with Gasteiger partial charge in [0.15, 0.2) is 0 Å². The molecule has 166 valence electrons. The summed E-state index contributed by atoms with van der Waals surface area (Å²) < 4.78 is 0. The molecule has 0 spiro atoms. The van der Waals surface area contributed by atoms with Crippen LogP contribution in [0.15, 0.2) is 109 Å². The molecular weight excluding hydrogens is 436 g/mol. The summed E-state index contributed by atoms with van der Waals surface area (Å²) in [4.78, 5) is 0. The van der Waals surface area contributed by atoms with Gasteiger partial charge in [-0.15, -0.1) is 0 Å². The van der Waals surface area contributed by atoms with Crippen molar-refractivity contribution in [3.63, 3.8) is 0 Å². The van der Waals surface area contributed by atoms with E-state index in [0.29, 0.717) is 5.02 Å². The van der Waals surface area contributed by atoms with Gasteiger partial charge >= 0.3 is 0 Å². The van der Waals surface area contributed by atoms with E-state index in [1.165, 1.54) is 0 Å². The zero-order valence-corrected chi connectivity index (χ0v) is 20.0. The first kappa shape index (κ1) is 21.2. The monoisotopic (exact) mass is 460 g/mol. The minimum Gasteiger partial charge on any atom is -0.376 e. The Morgan fingerprint density at radius 2 is 1.03 bits per heavy atom. The first-order chi connectivity index (χ1) is 16.4. The van der Waals surface area contributed by atoms with E-state index in [4.69, 9.17) is 11.6 Å². The molecule has 0 aliphatic heterocycles. The number of aliphatic hydroxyl groups is 1. The quantitative estimate of drug-likeness (QED) is 0.282. The SMILES string of the molecule is CC1(C)c2ccccc2C(O)(c2cc3ccccc3cc2-c2ccc(Cl)cc2)c2ccccc21. The molecule has 2 heteroatoms. The molecule has 0 saturated carbocycles. The molecule has 6 rings (SSSR count). The minimum absolute atomic E-state index is 0.225. The van der Waals surface area contributed by atoms with Crippen LogP contribution in [0.2, 0.25) is 5.02 Å². The zero-order chi connectivity index (χ0) is 23.5. The first-order valence-electron chi connectivity index (χ1n) is 11.6. The van der Waals surface area contributed by atoms with Crippen LogP contribution in [0.1, 0.15) is 41.7 Å². The molecule has 1 aliphatic carbocycles. The lowest BCUT2D eigenvalue weighted by Crippen LogP contribution is -2.41. The van der Waals surface area contributed by atoms with Crippen LogP contribution < -0.4 is 0 Å². The van der Waals surface area contributed by atoms with Crippen molar-refractivity contribution >= 4 is 22.4 Å². The van der Waals surface area contributed by atoms with E-state index in [9.17, 15) is 5.11 Å². The van der Waals surface area contributed by atoms with E-state index < -0.39 is 5.60 Å². The van der Waals surface area contributed by atoms with Crippen molar-refractivity contribution in [2.24, 2.45) is 0 Å². The predicted molar refractivity (Wildman–Crippen MR) is 142 cm³/mol. The van der Waals surface area contributed by atoms with Crippen molar-refractivity contribution in [1.29, 1.82) is 0 Å². The second-order valence-electron chi connectivity index (χ2n) is 9.68. The van der Waals surface area contributed by atoms with E-state index >= 15 is 0 Å². The lowest BCUT2D eigenvalue weighted by Gasteiger charge is -2.45. The lowest BCUT2D eigenvalue weighted by molar-refractivity contribution is 0.118. The van der Waals surface area contributed by atoms with Crippen molar-refractivity contribution in [3.05, 3.63) is 142 Å². The van der Waals surface area contributed by atoms with Crippen molar-refractivity contribution in [2.75, 3.05) is 0 Å². The van der Waals surface area contributed by atoms with Gasteiger partial charge in [0.2, 0.25) is 0 Å². The summed E-state index contributed by atoms with van der Waals surface area (Å²) in [7, 11) is 0. The number of hydrogen-bond donors (Lipinski definition) is 1. The molecule has 0 amide bonds. The van der Waals surface area contributed by atoms with Crippen LogP contribution in [0.25, 0.3) is 21.9 Å². The van der Waals surface area contributed by atoms with Crippen LogP contribution in [0.5, 0.6) is 0 Å². The van der Waals surface area contributed by atoms with Gasteiger partial charge in [-0.2, -0.15) is 0 Å². The van der Waals surface area contributed by atoms with Crippen LogP contribution in [0, 0.1) is 0 Å². The fourth-order valence-electron chi connectivity index (χ4n) is 5.68. The van der Waals surface area contributed by atoms with Gasteiger partial charge < -0.3 is 5.11 Å². The van der Waals surface area contributed by atoms with Crippen molar-refractivity contribution < 1.29 is 5.11 Å². The van der Waals surface area contributed by atoms with Gasteiger partial charge in [-0.25, -0.2) is 0 Å². The summed E-state index contributed by atoms with van der Waals surface area (Å²) in [5.41, 5.74) is 5.54. The van der Waals surface area contributed by atoms with E-state index in [0.717, 1.165) is 49.7 Å². The van der Waals surface area contributed by atoms with Crippen molar-refractivity contribution in [3.8, 4) is 11.1 Å². The molecule has 0 aromatic heterocycles. The van der Waals surface area contributed by atoms with Crippen LogP contribution in [0.4, 0.5) is 0 Å². The van der Waals surface area contributed by atoms with Gasteiger partial charge in [0.25, 0.3) is 0 Å². The smallest absolute Gasteiger partial charge is 0.141 e. The maximum absolute atomic E-state index is 12.9. The molecular formula is C32H25ClO. The highest BCUT2D eigenvalue weighted by molar-refractivity contribution is 6.30. The zero-order valence-electron chi connectivity index (χ0n) is 19.2. The minimum atomic E-state index is -1.30. The highest BCUT2D eigenvalue weighted by atomic mass is 35.5. The molecule has 0 unspecified atom stereocenters. The number of halogens is 1. The average Bonchev–Trinajstić information content (AvgIpc) is 2.87. The Hall–Kier alpha value is -3.39. The number of fused-ring (bicyclic) bond motifs is 3. The highest BCUT2D eigenvalue weighted by Crippen LogP contribution is 2.53. The third-order valence-electron chi connectivity index (χ3n) is 7.41. The van der Waals surface area contributed by atoms with Crippen molar-refractivity contribution in [2.45, 2.75) is 24.9 Å². The summed E-state index contributed by atoms with van der Waals surface area (Å²) in [6.07, 6.45) is 0. The molecule has 0 atom stereocenters. The Labute approximate surface area is 205 Å². The average molecular weight is 461 g/mol. The summed E-state index contributed by atoms with van der Waals surface area (Å²) in [5.74, 6) is 0. The van der Waals surface area contributed by atoms with Gasteiger partial charge in [-0.3, -0.25) is 0 Å². The third kappa shape index (κ3) is 2.98. The van der Waals surface area contributed by atoms with Crippen LogP contribution in [0.3, 0.4) is 0 Å². The van der Waals surface area contributed by atoms with Crippen LogP contribution >= 0.6 is 11.6 Å². The Balaban J connectivity index is 1.76. The van der Waals surface area contributed by atoms with E-state index in [-0.39, 0.29) is 5.41 Å². The maximum atomic E-state index is 12.9. The third-order valence-corrected chi connectivity index (χ3v) is 7.66. The molecule has 34 heavy (non-hydrogen) atoms. The number of benzene rings is 5. The van der Waals surface area contributed by atoms with Gasteiger partial charge in [-0.1, -0.05) is 110 Å². The van der Waals surface area contributed by atoms with Gasteiger partial charge in [0, 0.05) is 16.0 Å². The summed E-state index contributed by atoms with van der Waals surface area (Å²) in [5, 5.41) is 15.8. The molecule has 0 heterocycles. The Morgan fingerprint density at radius 1 is 0.559 bits per heavy atom. The standard InChI is InChI=1S/C32H25ClO/c1-31(2)26-11-5-7-13-28(26)32(34,29-14-8-6-12-27(29)31)30-20-23-10-4-3-9-22(23)19-25(30)21-15-17-24(33)18-16-21/h3-20,34H,1-2H3. The number of rotatable bonds is 2. The Morgan fingerprint density at radius 3 is 1.59 bits per heavy atom. The molecule has 0 radical (unpaired) electrons.